The molecule has 18 heavy (non-hydrogen) atoms. The minimum Gasteiger partial charge on any atom is -0.301 e. The molecule has 0 bridgehead atoms. The van der Waals surface area contributed by atoms with Gasteiger partial charge in [-0.1, -0.05) is 17.7 Å². The number of rotatable bonds is 5. The first-order chi connectivity index (χ1) is 8.70. The molecule has 1 nitrogen and oxygen atoms in total. The fourth-order valence-corrected chi connectivity index (χ4v) is 3.78. The summed E-state index contributed by atoms with van der Waals surface area (Å²) >= 11 is 9.38. The van der Waals surface area contributed by atoms with Gasteiger partial charge in [-0.15, -0.1) is 35.0 Å². The van der Waals surface area contributed by atoms with Crippen LogP contribution in [0.4, 0.5) is 0 Å². The van der Waals surface area contributed by atoms with Crippen molar-refractivity contribution in [3.05, 3.63) is 43.7 Å². The van der Waals surface area contributed by atoms with Gasteiger partial charge in [-0.25, -0.2) is 0 Å². The van der Waals surface area contributed by atoms with Gasteiger partial charge in [-0.2, -0.15) is 0 Å². The molecule has 0 amide bonds. The first kappa shape index (κ1) is 13.6. The molecule has 0 aliphatic rings. The lowest BCUT2D eigenvalue weighted by Gasteiger charge is -2.20. The fourth-order valence-electron chi connectivity index (χ4n) is 1.76. The van der Waals surface area contributed by atoms with Crippen molar-refractivity contribution in [1.29, 1.82) is 0 Å². The summed E-state index contributed by atoms with van der Waals surface area (Å²) in [6, 6.07) is 8.69. The molecular weight excluding hydrogens is 282 g/mol. The van der Waals surface area contributed by atoms with E-state index in [1.165, 1.54) is 9.75 Å². The highest BCUT2D eigenvalue weighted by atomic mass is 35.5. The van der Waals surface area contributed by atoms with Gasteiger partial charge in [0.25, 0.3) is 0 Å². The maximum atomic E-state index is 6.03. The minimum atomic E-state index is 0.186. The zero-order chi connectivity index (χ0) is 13.0. The largest absolute Gasteiger partial charge is 0.301 e. The molecule has 1 N–H and O–H groups in total. The van der Waals surface area contributed by atoms with E-state index in [2.05, 4.69) is 41.7 Å². The predicted molar refractivity (Wildman–Crippen MR) is 81.5 cm³/mol. The van der Waals surface area contributed by atoms with E-state index in [-0.39, 0.29) is 12.1 Å². The number of hydrogen-bond acceptors (Lipinski definition) is 3. The van der Waals surface area contributed by atoms with Crippen LogP contribution in [0, 0.1) is 12.3 Å². The highest BCUT2D eigenvalue weighted by molar-refractivity contribution is 7.16. The van der Waals surface area contributed by atoms with Gasteiger partial charge in [-0.05, 0) is 30.5 Å². The lowest BCUT2D eigenvalue weighted by atomic mass is 10.1. The van der Waals surface area contributed by atoms with Crippen molar-refractivity contribution in [3.8, 4) is 12.3 Å². The normalized spacial score (nSPS) is 14.1. The Morgan fingerprint density at radius 1 is 1.39 bits per heavy atom. The zero-order valence-electron chi connectivity index (χ0n) is 10.0. The SMILES string of the molecule is C#CCC(C)NC(c1cccs1)c1ccc(Cl)s1. The summed E-state index contributed by atoms with van der Waals surface area (Å²) in [5.41, 5.74) is 0. The number of terminal acetylenes is 1. The van der Waals surface area contributed by atoms with E-state index in [1.807, 2.05) is 6.07 Å². The first-order valence-corrected chi connectivity index (χ1v) is 7.76. The van der Waals surface area contributed by atoms with Crippen molar-refractivity contribution in [2.24, 2.45) is 0 Å². The number of hydrogen-bond donors (Lipinski definition) is 1. The summed E-state index contributed by atoms with van der Waals surface area (Å²) < 4.78 is 0.818. The Morgan fingerprint density at radius 3 is 2.78 bits per heavy atom. The number of thiophene rings is 2. The van der Waals surface area contributed by atoms with E-state index in [1.54, 1.807) is 22.7 Å². The molecule has 0 saturated carbocycles. The van der Waals surface area contributed by atoms with Crippen LogP contribution in [0.25, 0.3) is 0 Å². The van der Waals surface area contributed by atoms with Crippen LogP contribution in [-0.2, 0) is 0 Å². The molecule has 94 valence electrons. The van der Waals surface area contributed by atoms with Gasteiger partial charge < -0.3 is 5.32 Å². The summed E-state index contributed by atoms with van der Waals surface area (Å²) in [5.74, 6) is 2.69. The van der Waals surface area contributed by atoms with Gasteiger partial charge in [0.2, 0.25) is 0 Å². The van der Waals surface area contributed by atoms with Crippen molar-refractivity contribution in [2.75, 3.05) is 0 Å². The molecule has 0 aliphatic carbocycles. The van der Waals surface area contributed by atoms with Crippen molar-refractivity contribution in [3.63, 3.8) is 0 Å². The van der Waals surface area contributed by atoms with E-state index in [9.17, 15) is 0 Å². The fraction of sp³-hybridized carbons (Fsp3) is 0.286. The molecule has 0 fully saturated rings. The smallest absolute Gasteiger partial charge is 0.0931 e. The Labute approximate surface area is 121 Å². The molecule has 0 aliphatic heterocycles. The summed E-state index contributed by atoms with van der Waals surface area (Å²) in [7, 11) is 0. The summed E-state index contributed by atoms with van der Waals surface area (Å²) in [6.45, 7) is 2.11. The van der Waals surface area contributed by atoms with E-state index < -0.39 is 0 Å². The van der Waals surface area contributed by atoms with E-state index in [0.29, 0.717) is 0 Å². The third kappa shape index (κ3) is 3.37. The maximum Gasteiger partial charge on any atom is 0.0931 e. The molecule has 2 aromatic rings. The summed E-state index contributed by atoms with van der Waals surface area (Å²) in [4.78, 5) is 2.52. The lowest BCUT2D eigenvalue weighted by molar-refractivity contribution is 0.516. The van der Waals surface area contributed by atoms with Crippen LogP contribution in [0.1, 0.15) is 29.1 Å². The van der Waals surface area contributed by atoms with E-state index in [0.717, 1.165) is 10.8 Å². The van der Waals surface area contributed by atoms with Gasteiger partial charge in [0.05, 0.1) is 10.4 Å². The average molecular weight is 296 g/mol. The Balaban J connectivity index is 2.22. The van der Waals surface area contributed by atoms with Crippen molar-refractivity contribution in [1.82, 2.24) is 5.32 Å². The number of nitrogens with one attached hydrogen (secondary N) is 1. The van der Waals surface area contributed by atoms with Gasteiger partial charge in [-0.3, -0.25) is 0 Å². The predicted octanol–water partition coefficient (Wildman–Crippen LogP) is 4.55. The molecule has 0 saturated heterocycles. The second kappa shape index (κ2) is 6.40. The molecule has 2 aromatic heterocycles. The topological polar surface area (TPSA) is 12.0 Å². The highest BCUT2D eigenvalue weighted by Crippen LogP contribution is 2.33. The monoisotopic (exact) mass is 295 g/mol. The highest BCUT2D eigenvalue weighted by Gasteiger charge is 2.18. The average Bonchev–Trinajstić information content (AvgIpc) is 2.97. The summed E-state index contributed by atoms with van der Waals surface area (Å²) in [6.07, 6.45) is 6.08. The van der Waals surface area contributed by atoms with Crippen LogP contribution in [0.2, 0.25) is 4.34 Å². The molecule has 4 heteroatoms. The van der Waals surface area contributed by atoms with Crippen LogP contribution in [0.3, 0.4) is 0 Å². The lowest BCUT2D eigenvalue weighted by Crippen LogP contribution is -2.30. The number of halogens is 1. The molecule has 2 atom stereocenters. The van der Waals surface area contributed by atoms with Gasteiger partial charge in [0.1, 0.15) is 0 Å². The molecule has 2 unspecified atom stereocenters. The Kier molecular flexibility index (Phi) is 4.85. The molecule has 0 aromatic carbocycles. The third-order valence-corrected chi connectivity index (χ3v) is 4.81. The van der Waals surface area contributed by atoms with Gasteiger partial charge >= 0.3 is 0 Å². The first-order valence-electron chi connectivity index (χ1n) is 5.69. The quantitative estimate of drug-likeness (QED) is 0.798. The molecule has 0 radical (unpaired) electrons. The molecule has 2 rings (SSSR count). The van der Waals surface area contributed by atoms with Crippen LogP contribution in [0.15, 0.2) is 29.6 Å². The Morgan fingerprint density at radius 2 is 2.22 bits per heavy atom. The van der Waals surface area contributed by atoms with Crippen molar-refractivity contribution < 1.29 is 0 Å². The van der Waals surface area contributed by atoms with Crippen molar-refractivity contribution >= 4 is 34.3 Å². The molecular formula is C14H14ClNS2. The van der Waals surface area contributed by atoms with Gasteiger partial charge in [0.15, 0.2) is 0 Å². The third-order valence-electron chi connectivity index (χ3n) is 2.58. The maximum absolute atomic E-state index is 6.03. The second-order valence-corrected chi connectivity index (χ2v) is 6.79. The van der Waals surface area contributed by atoms with E-state index >= 15 is 0 Å². The zero-order valence-corrected chi connectivity index (χ0v) is 12.4. The van der Waals surface area contributed by atoms with Crippen LogP contribution >= 0.6 is 34.3 Å². The Hall–Kier alpha value is -0.790. The second-order valence-electron chi connectivity index (χ2n) is 4.07. The molecule has 2 heterocycles. The van der Waals surface area contributed by atoms with Gasteiger partial charge in [0, 0.05) is 22.2 Å². The summed E-state index contributed by atoms with van der Waals surface area (Å²) in [5, 5.41) is 5.66. The minimum absolute atomic E-state index is 0.186. The van der Waals surface area contributed by atoms with Crippen LogP contribution in [0.5, 0.6) is 0 Å². The van der Waals surface area contributed by atoms with E-state index in [4.69, 9.17) is 18.0 Å². The van der Waals surface area contributed by atoms with Crippen LogP contribution in [-0.4, -0.2) is 6.04 Å². The van der Waals surface area contributed by atoms with Crippen LogP contribution < -0.4 is 5.32 Å². The Bertz CT molecular complexity index is 524. The standard InChI is InChI=1S/C14H14ClNS2/c1-3-5-10(2)16-14(11-6-4-9-17-11)12-7-8-13(15)18-12/h1,4,6-10,14,16H,5H2,2H3. The molecule has 0 spiro atoms. The van der Waals surface area contributed by atoms with Crippen molar-refractivity contribution in [2.45, 2.75) is 25.4 Å².